The third kappa shape index (κ3) is 5.20. The number of ketones is 1. The number of aromatic hydroxyl groups is 1. The van der Waals surface area contributed by atoms with E-state index in [1.54, 1.807) is 18.2 Å². The number of hydrogen-bond donors (Lipinski definition) is 3. The van der Waals surface area contributed by atoms with Crippen molar-refractivity contribution in [2.75, 3.05) is 0 Å². The van der Waals surface area contributed by atoms with Crippen molar-refractivity contribution in [1.82, 2.24) is 0 Å². The van der Waals surface area contributed by atoms with Crippen LogP contribution in [0.5, 0.6) is 5.75 Å². The van der Waals surface area contributed by atoms with Crippen LogP contribution in [0.15, 0.2) is 53.4 Å². The van der Waals surface area contributed by atoms with E-state index < -0.39 is 21.8 Å². The minimum absolute atomic E-state index is 0.0277. The summed E-state index contributed by atoms with van der Waals surface area (Å²) in [5.74, 6) is -2.08. The number of carbonyl (C=O) groups is 2. The summed E-state index contributed by atoms with van der Waals surface area (Å²) in [4.78, 5) is 21.3. The number of rotatable bonds is 3. The molecule has 2 aromatic carbocycles. The van der Waals surface area contributed by atoms with E-state index in [-0.39, 0.29) is 21.8 Å². The topological polar surface area (TPSA) is 129 Å². The summed E-state index contributed by atoms with van der Waals surface area (Å²) in [6.45, 7) is 1.26. The third-order valence-electron chi connectivity index (χ3n) is 2.69. The van der Waals surface area contributed by atoms with Gasteiger partial charge in [0.1, 0.15) is 11.3 Å². The number of hydrogen-bond acceptors (Lipinski definition) is 5. The fourth-order valence-corrected chi connectivity index (χ4v) is 2.09. The summed E-state index contributed by atoms with van der Waals surface area (Å²) in [6.07, 6.45) is 0. The van der Waals surface area contributed by atoms with Gasteiger partial charge in [-0.2, -0.15) is 8.42 Å². The van der Waals surface area contributed by atoms with Crippen LogP contribution >= 0.6 is 0 Å². The highest BCUT2D eigenvalue weighted by molar-refractivity contribution is 7.85. The Hall–Kier alpha value is -2.71. The summed E-state index contributed by atoms with van der Waals surface area (Å²) in [6, 6.07) is 11.5. The van der Waals surface area contributed by atoms with Crippen molar-refractivity contribution in [3.05, 3.63) is 59.7 Å². The van der Waals surface area contributed by atoms with Crippen molar-refractivity contribution in [3.8, 4) is 5.75 Å². The van der Waals surface area contributed by atoms with Crippen LogP contribution in [0.25, 0.3) is 0 Å². The fourth-order valence-electron chi connectivity index (χ4n) is 1.59. The lowest BCUT2D eigenvalue weighted by Gasteiger charge is -2.02. The molecule has 2 rings (SSSR count). The number of Topliss-reactive ketones (excluding diaryl/α,β-unsaturated/α-hetero) is 1. The zero-order chi connectivity index (χ0) is 17.6. The van der Waals surface area contributed by atoms with Crippen LogP contribution in [0, 0.1) is 0 Å². The second-order valence-corrected chi connectivity index (χ2v) is 5.77. The smallest absolute Gasteiger partial charge is 0.339 e. The number of carbonyl (C=O) groups excluding carboxylic acids is 1. The van der Waals surface area contributed by atoms with E-state index in [9.17, 15) is 23.1 Å². The van der Waals surface area contributed by atoms with Gasteiger partial charge in [0, 0.05) is 0 Å². The first-order valence-electron chi connectivity index (χ1n) is 6.23. The lowest BCUT2D eigenvalue weighted by atomic mass is 10.1. The highest BCUT2D eigenvalue weighted by Gasteiger charge is 2.14. The van der Waals surface area contributed by atoms with Crippen LogP contribution in [0.2, 0.25) is 0 Å². The third-order valence-corrected chi connectivity index (χ3v) is 3.55. The molecule has 0 amide bonds. The van der Waals surface area contributed by atoms with Crippen molar-refractivity contribution in [3.63, 3.8) is 0 Å². The molecular weight excluding hydrogens is 324 g/mol. The van der Waals surface area contributed by atoms with E-state index >= 15 is 0 Å². The van der Waals surface area contributed by atoms with Gasteiger partial charge in [-0.25, -0.2) is 4.79 Å². The SMILES string of the molecule is CC(=O)c1cccc(C(=O)O)c1O.O=S(=O)(O)c1ccccc1. The maximum atomic E-state index is 10.9. The Morgan fingerprint density at radius 3 is 1.83 bits per heavy atom. The second kappa shape index (κ2) is 7.52. The average Bonchev–Trinajstić information content (AvgIpc) is 2.47. The molecule has 0 heterocycles. The molecule has 0 fully saturated rings. The first-order valence-corrected chi connectivity index (χ1v) is 7.67. The van der Waals surface area contributed by atoms with Gasteiger partial charge >= 0.3 is 5.97 Å². The number of carboxylic acid groups (broad SMARTS) is 1. The first kappa shape index (κ1) is 18.3. The lowest BCUT2D eigenvalue weighted by molar-refractivity contribution is 0.0693. The summed E-state index contributed by atoms with van der Waals surface area (Å²) in [7, 11) is -4.00. The van der Waals surface area contributed by atoms with Gasteiger partial charge in [-0.1, -0.05) is 24.3 Å². The molecule has 23 heavy (non-hydrogen) atoms. The van der Waals surface area contributed by atoms with Crippen LogP contribution in [-0.4, -0.2) is 34.9 Å². The van der Waals surface area contributed by atoms with Gasteiger partial charge in [-0.3, -0.25) is 9.35 Å². The molecule has 0 aliphatic rings. The molecule has 7 nitrogen and oxygen atoms in total. The Morgan fingerprint density at radius 1 is 0.913 bits per heavy atom. The number of phenols is 1. The number of para-hydroxylation sites is 1. The van der Waals surface area contributed by atoms with Crippen LogP contribution in [0.4, 0.5) is 0 Å². The van der Waals surface area contributed by atoms with E-state index in [0.717, 1.165) is 0 Å². The molecule has 0 aromatic heterocycles. The number of benzene rings is 2. The predicted octanol–water partition coefficient (Wildman–Crippen LogP) is 2.23. The Balaban J connectivity index is 0.000000238. The quantitative estimate of drug-likeness (QED) is 0.578. The molecule has 8 heteroatoms. The Bertz CT molecular complexity index is 779. The molecule has 0 saturated carbocycles. The molecule has 0 radical (unpaired) electrons. The minimum atomic E-state index is -4.00. The Labute approximate surface area is 132 Å². The van der Waals surface area contributed by atoms with E-state index in [1.807, 2.05) is 0 Å². The zero-order valence-corrected chi connectivity index (χ0v) is 12.8. The number of carboxylic acids is 1. The van der Waals surface area contributed by atoms with Crippen molar-refractivity contribution in [2.45, 2.75) is 11.8 Å². The summed E-state index contributed by atoms with van der Waals surface area (Å²) >= 11 is 0. The largest absolute Gasteiger partial charge is 0.506 e. The van der Waals surface area contributed by atoms with Gasteiger partial charge in [-0.15, -0.1) is 0 Å². The minimum Gasteiger partial charge on any atom is -0.506 e. The molecule has 0 saturated heterocycles. The van der Waals surface area contributed by atoms with Crippen LogP contribution in [0.1, 0.15) is 27.6 Å². The standard InChI is InChI=1S/C9H8O4.C6H6O3S/c1-5(10)6-3-2-4-7(8(6)11)9(12)13;7-10(8,9)6-4-2-1-3-5-6/h2-4,11H,1H3,(H,12,13);1-5H,(H,7,8,9). The van der Waals surface area contributed by atoms with Gasteiger partial charge in [0.15, 0.2) is 5.78 Å². The molecule has 0 aliphatic carbocycles. The molecule has 0 aliphatic heterocycles. The average molecular weight is 338 g/mol. The molecule has 0 atom stereocenters. The molecule has 0 unspecified atom stereocenters. The highest BCUT2D eigenvalue weighted by atomic mass is 32.2. The summed E-state index contributed by atoms with van der Waals surface area (Å²) in [5.41, 5.74) is -0.229. The molecule has 122 valence electrons. The van der Waals surface area contributed by atoms with Crippen LogP contribution in [0.3, 0.4) is 0 Å². The van der Waals surface area contributed by atoms with Gasteiger partial charge in [0.05, 0.1) is 10.5 Å². The zero-order valence-electron chi connectivity index (χ0n) is 12.0. The monoisotopic (exact) mass is 338 g/mol. The van der Waals surface area contributed by atoms with Gasteiger partial charge in [-0.05, 0) is 31.2 Å². The molecule has 2 aromatic rings. The van der Waals surface area contributed by atoms with Gasteiger partial charge < -0.3 is 10.2 Å². The molecule has 0 bridgehead atoms. The highest BCUT2D eigenvalue weighted by Crippen LogP contribution is 2.22. The van der Waals surface area contributed by atoms with Crippen LogP contribution < -0.4 is 0 Å². The van der Waals surface area contributed by atoms with Crippen LogP contribution in [-0.2, 0) is 10.1 Å². The molecular formula is C15H14O7S. The van der Waals surface area contributed by atoms with Gasteiger partial charge in [0.25, 0.3) is 10.1 Å². The Morgan fingerprint density at radius 2 is 1.43 bits per heavy atom. The summed E-state index contributed by atoms with van der Waals surface area (Å²) in [5, 5.41) is 17.9. The van der Waals surface area contributed by atoms with E-state index in [0.29, 0.717) is 0 Å². The maximum Gasteiger partial charge on any atom is 0.339 e. The normalized spacial score (nSPS) is 10.3. The maximum absolute atomic E-state index is 10.9. The molecule has 0 spiro atoms. The first-order chi connectivity index (χ1) is 10.6. The molecule has 3 N–H and O–H groups in total. The van der Waals surface area contributed by atoms with E-state index in [1.165, 1.54) is 37.3 Å². The Kier molecular flexibility index (Phi) is 6.00. The summed E-state index contributed by atoms with van der Waals surface area (Å²) < 4.78 is 29.2. The van der Waals surface area contributed by atoms with Crippen molar-refractivity contribution in [2.24, 2.45) is 0 Å². The lowest BCUT2D eigenvalue weighted by Crippen LogP contribution is -2.01. The van der Waals surface area contributed by atoms with E-state index in [4.69, 9.17) is 9.66 Å². The fraction of sp³-hybridized carbons (Fsp3) is 0.0667. The van der Waals surface area contributed by atoms with Crippen molar-refractivity contribution < 1.29 is 32.8 Å². The van der Waals surface area contributed by atoms with E-state index in [2.05, 4.69) is 0 Å². The van der Waals surface area contributed by atoms with Gasteiger partial charge in [0.2, 0.25) is 0 Å². The number of aromatic carboxylic acids is 1. The van der Waals surface area contributed by atoms with Crippen molar-refractivity contribution >= 4 is 21.9 Å². The van der Waals surface area contributed by atoms with Crippen molar-refractivity contribution in [1.29, 1.82) is 0 Å². The predicted molar refractivity (Wildman–Crippen MR) is 81.3 cm³/mol. The second-order valence-electron chi connectivity index (χ2n) is 4.35.